The molecular formula is C16H13NOS. The Labute approximate surface area is 115 Å². The normalized spacial score (nSPS) is 10.8. The number of thiazole rings is 1. The lowest BCUT2D eigenvalue weighted by molar-refractivity contribution is 0.0997. The zero-order valence-electron chi connectivity index (χ0n) is 10.6. The zero-order chi connectivity index (χ0) is 13.2. The Balaban J connectivity index is 1.95. The third kappa shape index (κ3) is 2.42. The maximum atomic E-state index is 12.2. The van der Waals surface area contributed by atoms with E-state index >= 15 is 0 Å². The van der Waals surface area contributed by atoms with Crippen LogP contribution >= 0.6 is 11.3 Å². The average molecular weight is 267 g/mol. The Hall–Kier alpha value is -2.00. The Bertz CT molecular complexity index is 740. The van der Waals surface area contributed by atoms with Crippen molar-refractivity contribution in [2.45, 2.75) is 13.3 Å². The number of fused-ring (bicyclic) bond motifs is 1. The number of ketones is 1. The van der Waals surface area contributed by atoms with Gasteiger partial charge in [-0.1, -0.05) is 42.5 Å². The fourth-order valence-electron chi connectivity index (χ4n) is 2.20. The summed E-state index contributed by atoms with van der Waals surface area (Å²) in [4.78, 5) is 17.1. The second kappa shape index (κ2) is 4.94. The molecule has 3 heteroatoms. The van der Waals surface area contributed by atoms with Gasteiger partial charge in [-0.25, -0.2) is 4.98 Å². The first-order chi connectivity index (χ1) is 9.24. The van der Waals surface area contributed by atoms with E-state index in [0.29, 0.717) is 6.42 Å². The Morgan fingerprint density at radius 1 is 1.16 bits per heavy atom. The van der Waals surface area contributed by atoms with Crippen LogP contribution in [0.5, 0.6) is 0 Å². The van der Waals surface area contributed by atoms with E-state index < -0.39 is 0 Å². The molecule has 0 unspecified atom stereocenters. The van der Waals surface area contributed by atoms with Gasteiger partial charge in [-0.3, -0.25) is 4.79 Å². The first kappa shape index (κ1) is 12.1. The molecule has 1 aromatic heterocycles. The molecule has 0 aliphatic heterocycles. The van der Waals surface area contributed by atoms with Crippen LogP contribution < -0.4 is 0 Å². The van der Waals surface area contributed by atoms with E-state index in [-0.39, 0.29) is 5.78 Å². The summed E-state index contributed by atoms with van der Waals surface area (Å²) in [7, 11) is 0. The number of rotatable bonds is 3. The molecule has 0 bridgehead atoms. The molecule has 2 aromatic carbocycles. The van der Waals surface area contributed by atoms with Gasteiger partial charge in [0.25, 0.3) is 0 Å². The molecule has 0 aliphatic carbocycles. The van der Waals surface area contributed by atoms with Crippen molar-refractivity contribution in [1.82, 2.24) is 4.98 Å². The molecule has 3 aromatic rings. The van der Waals surface area contributed by atoms with E-state index in [2.05, 4.69) is 23.2 Å². The van der Waals surface area contributed by atoms with Gasteiger partial charge in [-0.05, 0) is 23.3 Å². The molecule has 19 heavy (non-hydrogen) atoms. The van der Waals surface area contributed by atoms with Gasteiger partial charge in [0.05, 0.1) is 9.88 Å². The van der Waals surface area contributed by atoms with Crippen molar-refractivity contribution in [2.75, 3.05) is 0 Å². The SMILES string of the molecule is Cc1ncc(C(=O)Cc2cccc3ccccc23)s1. The van der Waals surface area contributed by atoms with Gasteiger partial charge < -0.3 is 0 Å². The summed E-state index contributed by atoms with van der Waals surface area (Å²) in [6.45, 7) is 1.92. The minimum Gasteiger partial charge on any atom is -0.293 e. The fraction of sp³-hybridized carbons (Fsp3) is 0.125. The fourth-order valence-corrected chi connectivity index (χ4v) is 2.91. The van der Waals surface area contributed by atoms with Gasteiger partial charge in [0, 0.05) is 12.6 Å². The first-order valence-corrected chi connectivity index (χ1v) is 6.98. The van der Waals surface area contributed by atoms with E-state index in [4.69, 9.17) is 0 Å². The molecule has 3 rings (SSSR count). The van der Waals surface area contributed by atoms with Crippen molar-refractivity contribution in [1.29, 1.82) is 0 Å². The molecule has 0 radical (unpaired) electrons. The van der Waals surface area contributed by atoms with Gasteiger partial charge in [-0.15, -0.1) is 11.3 Å². The quantitative estimate of drug-likeness (QED) is 0.671. The lowest BCUT2D eigenvalue weighted by Gasteiger charge is -2.04. The van der Waals surface area contributed by atoms with Gasteiger partial charge in [0.2, 0.25) is 0 Å². The van der Waals surface area contributed by atoms with Crippen LogP contribution in [0.2, 0.25) is 0 Å². The maximum Gasteiger partial charge on any atom is 0.178 e. The molecule has 1 heterocycles. The molecule has 0 fully saturated rings. The predicted molar refractivity (Wildman–Crippen MR) is 78.8 cm³/mol. The number of carbonyl (C=O) groups is 1. The van der Waals surface area contributed by atoms with Crippen LogP contribution in [0.3, 0.4) is 0 Å². The summed E-state index contributed by atoms with van der Waals surface area (Å²) < 4.78 is 0. The number of aryl methyl sites for hydroxylation is 1. The van der Waals surface area contributed by atoms with Gasteiger partial charge in [0.1, 0.15) is 0 Å². The van der Waals surface area contributed by atoms with Gasteiger partial charge in [-0.2, -0.15) is 0 Å². The molecule has 94 valence electrons. The third-order valence-corrected chi connectivity index (χ3v) is 4.08. The van der Waals surface area contributed by atoms with E-state index in [1.165, 1.54) is 16.7 Å². The highest BCUT2D eigenvalue weighted by Crippen LogP contribution is 2.21. The number of nitrogens with zero attached hydrogens (tertiary/aromatic N) is 1. The van der Waals surface area contributed by atoms with Crippen LogP contribution in [0.15, 0.2) is 48.7 Å². The van der Waals surface area contributed by atoms with Crippen molar-refractivity contribution in [2.24, 2.45) is 0 Å². The van der Waals surface area contributed by atoms with Crippen LogP contribution in [-0.4, -0.2) is 10.8 Å². The van der Waals surface area contributed by atoms with Crippen molar-refractivity contribution >= 4 is 27.9 Å². The second-order valence-corrected chi connectivity index (χ2v) is 5.72. The number of carbonyl (C=O) groups excluding carboxylic acids is 1. The summed E-state index contributed by atoms with van der Waals surface area (Å²) in [5, 5.41) is 3.26. The van der Waals surface area contributed by atoms with Crippen molar-refractivity contribution in [3.05, 3.63) is 64.1 Å². The van der Waals surface area contributed by atoms with Crippen LogP contribution in [-0.2, 0) is 6.42 Å². The molecule has 0 spiro atoms. The first-order valence-electron chi connectivity index (χ1n) is 6.16. The Morgan fingerprint density at radius 2 is 1.95 bits per heavy atom. The molecule has 0 N–H and O–H groups in total. The topological polar surface area (TPSA) is 30.0 Å². The van der Waals surface area contributed by atoms with Crippen molar-refractivity contribution in [3.8, 4) is 0 Å². The van der Waals surface area contributed by atoms with Crippen molar-refractivity contribution < 1.29 is 4.79 Å². The predicted octanol–water partition coefficient (Wildman–Crippen LogP) is 4.03. The largest absolute Gasteiger partial charge is 0.293 e. The van der Waals surface area contributed by atoms with E-state index in [0.717, 1.165) is 20.8 Å². The molecule has 2 nitrogen and oxygen atoms in total. The minimum atomic E-state index is 0.141. The number of Topliss-reactive ketones (excluding diaryl/α,β-unsaturated/α-hetero) is 1. The number of aromatic nitrogens is 1. The van der Waals surface area contributed by atoms with E-state index in [1.807, 2.05) is 31.2 Å². The summed E-state index contributed by atoms with van der Waals surface area (Å²) in [6.07, 6.45) is 2.11. The van der Waals surface area contributed by atoms with E-state index in [9.17, 15) is 4.79 Å². The molecule has 0 saturated heterocycles. The molecule has 0 amide bonds. The lowest BCUT2D eigenvalue weighted by atomic mass is 10.0. The second-order valence-electron chi connectivity index (χ2n) is 4.48. The summed E-state index contributed by atoms with van der Waals surface area (Å²) >= 11 is 1.46. The minimum absolute atomic E-state index is 0.141. The maximum absolute atomic E-state index is 12.2. The van der Waals surface area contributed by atoms with Gasteiger partial charge >= 0.3 is 0 Å². The molecule has 0 aliphatic rings. The highest BCUT2D eigenvalue weighted by Gasteiger charge is 2.11. The van der Waals surface area contributed by atoms with Crippen LogP contribution in [0, 0.1) is 6.92 Å². The molecule has 0 atom stereocenters. The van der Waals surface area contributed by atoms with Crippen LogP contribution in [0.1, 0.15) is 20.2 Å². The molecule has 0 saturated carbocycles. The number of hydrogen-bond donors (Lipinski definition) is 0. The molecular weight excluding hydrogens is 254 g/mol. The van der Waals surface area contributed by atoms with Crippen LogP contribution in [0.4, 0.5) is 0 Å². The van der Waals surface area contributed by atoms with Gasteiger partial charge in [0.15, 0.2) is 5.78 Å². The lowest BCUT2D eigenvalue weighted by Crippen LogP contribution is -2.01. The standard InChI is InChI=1S/C16H13NOS/c1-11-17-10-16(19-11)15(18)9-13-7-4-6-12-5-2-3-8-14(12)13/h2-8,10H,9H2,1H3. The van der Waals surface area contributed by atoms with Crippen molar-refractivity contribution in [3.63, 3.8) is 0 Å². The summed E-state index contributed by atoms with van der Waals surface area (Å²) in [6, 6.07) is 14.3. The number of hydrogen-bond acceptors (Lipinski definition) is 3. The van der Waals surface area contributed by atoms with Crippen LogP contribution in [0.25, 0.3) is 10.8 Å². The summed E-state index contributed by atoms with van der Waals surface area (Å²) in [5.74, 6) is 0.141. The van der Waals surface area contributed by atoms with E-state index in [1.54, 1.807) is 6.20 Å². The monoisotopic (exact) mass is 267 g/mol. The average Bonchev–Trinajstić information content (AvgIpc) is 2.86. The highest BCUT2D eigenvalue weighted by atomic mass is 32.1. The Morgan fingerprint density at radius 3 is 2.74 bits per heavy atom. The highest BCUT2D eigenvalue weighted by molar-refractivity contribution is 7.13. The third-order valence-electron chi connectivity index (χ3n) is 3.13. The Kier molecular flexibility index (Phi) is 3.13. The smallest absolute Gasteiger partial charge is 0.178 e. The number of benzene rings is 2. The summed E-state index contributed by atoms with van der Waals surface area (Å²) in [5.41, 5.74) is 1.08. The zero-order valence-corrected chi connectivity index (χ0v) is 11.4.